The van der Waals surface area contributed by atoms with Gasteiger partial charge >= 0.3 is 0 Å². The zero-order valence-electron chi connectivity index (χ0n) is 12.8. The molecular weight excluding hydrogens is 262 g/mol. The van der Waals surface area contributed by atoms with E-state index in [0.717, 1.165) is 31.0 Å². The molecule has 0 radical (unpaired) electrons. The molecule has 0 spiro atoms. The first-order chi connectivity index (χ1) is 10.3. The molecule has 0 aliphatic carbocycles. The van der Waals surface area contributed by atoms with Gasteiger partial charge in [-0.05, 0) is 54.9 Å². The largest absolute Gasteiger partial charge is 0.497 e. The molecule has 0 unspecified atom stereocenters. The molecule has 3 nitrogen and oxygen atoms in total. The Balaban J connectivity index is 1.82. The predicted molar refractivity (Wildman–Crippen MR) is 86.0 cm³/mol. The van der Waals surface area contributed by atoms with Crippen molar-refractivity contribution in [1.82, 2.24) is 5.32 Å². The van der Waals surface area contributed by atoms with Gasteiger partial charge < -0.3 is 14.8 Å². The Labute approximate surface area is 126 Å². The zero-order valence-corrected chi connectivity index (χ0v) is 12.8. The Morgan fingerprint density at radius 3 is 2.10 bits per heavy atom. The summed E-state index contributed by atoms with van der Waals surface area (Å²) in [5.74, 6) is 1.69. The summed E-state index contributed by atoms with van der Waals surface area (Å²) in [6.45, 7) is 4.76. The number of benzene rings is 2. The van der Waals surface area contributed by atoms with Crippen LogP contribution in [0.3, 0.4) is 0 Å². The average Bonchev–Trinajstić information content (AvgIpc) is 2.55. The van der Waals surface area contributed by atoms with E-state index >= 15 is 0 Å². The van der Waals surface area contributed by atoms with E-state index in [-0.39, 0.29) is 0 Å². The van der Waals surface area contributed by atoms with Crippen molar-refractivity contribution in [1.29, 1.82) is 0 Å². The second-order valence-corrected chi connectivity index (χ2v) is 4.88. The molecule has 0 aliphatic heterocycles. The van der Waals surface area contributed by atoms with Crippen LogP contribution in [-0.4, -0.2) is 20.2 Å². The molecule has 1 N–H and O–H groups in total. The summed E-state index contributed by atoms with van der Waals surface area (Å²) in [6.07, 6.45) is 1.06. The van der Waals surface area contributed by atoms with E-state index in [2.05, 4.69) is 36.5 Å². The molecule has 0 aromatic heterocycles. The molecule has 0 saturated heterocycles. The molecule has 0 fully saturated rings. The number of hydrogen-bond acceptors (Lipinski definition) is 3. The summed E-state index contributed by atoms with van der Waals surface area (Å²) < 4.78 is 10.9. The highest BCUT2D eigenvalue weighted by Gasteiger charge is 1.98. The van der Waals surface area contributed by atoms with Crippen LogP contribution in [0.2, 0.25) is 0 Å². The number of ether oxygens (including phenoxy) is 2. The summed E-state index contributed by atoms with van der Waals surface area (Å²) in [6, 6.07) is 16.2. The van der Waals surface area contributed by atoms with Crippen LogP contribution >= 0.6 is 0 Å². The lowest BCUT2D eigenvalue weighted by molar-refractivity contribution is 0.305. The van der Waals surface area contributed by atoms with Crippen LogP contribution in [0.1, 0.15) is 18.1 Å². The second kappa shape index (κ2) is 8.32. The Morgan fingerprint density at radius 2 is 1.48 bits per heavy atom. The van der Waals surface area contributed by atoms with Gasteiger partial charge in [0.2, 0.25) is 0 Å². The lowest BCUT2D eigenvalue weighted by Crippen LogP contribution is -2.15. The smallest absolute Gasteiger partial charge is 0.120 e. The lowest BCUT2D eigenvalue weighted by Gasteiger charge is -2.08. The Bertz CT molecular complexity index is 520. The SMILES string of the molecule is CCNCCc1ccc(COc2ccc(OC)cc2)cc1. The summed E-state index contributed by atoms with van der Waals surface area (Å²) in [5.41, 5.74) is 2.53. The lowest BCUT2D eigenvalue weighted by atomic mass is 10.1. The van der Waals surface area contributed by atoms with E-state index in [1.54, 1.807) is 7.11 Å². The average molecular weight is 285 g/mol. The third-order valence-corrected chi connectivity index (χ3v) is 3.33. The first-order valence-corrected chi connectivity index (χ1v) is 7.37. The summed E-state index contributed by atoms with van der Waals surface area (Å²) >= 11 is 0. The van der Waals surface area contributed by atoms with Crippen molar-refractivity contribution in [2.75, 3.05) is 20.2 Å². The summed E-state index contributed by atoms with van der Waals surface area (Å²) in [5, 5.41) is 3.33. The monoisotopic (exact) mass is 285 g/mol. The minimum Gasteiger partial charge on any atom is -0.497 e. The van der Waals surface area contributed by atoms with E-state index in [0.29, 0.717) is 6.61 Å². The highest BCUT2D eigenvalue weighted by Crippen LogP contribution is 2.18. The van der Waals surface area contributed by atoms with E-state index in [4.69, 9.17) is 9.47 Å². The van der Waals surface area contributed by atoms with Crippen molar-refractivity contribution in [3.63, 3.8) is 0 Å². The molecule has 0 aliphatic rings. The van der Waals surface area contributed by atoms with Gasteiger partial charge in [0.15, 0.2) is 0 Å². The maximum Gasteiger partial charge on any atom is 0.120 e. The highest BCUT2D eigenvalue weighted by molar-refractivity contribution is 5.31. The fourth-order valence-corrected chi connectivity index (χ4v) is 2.05. The molecule has 112 valence electrons. The van der Waals surface area contributed by atoms with Gasteiger partial charge in [-0.1, -0.05) is 31.2 Å². The molecule has 0 heterocycles. The van der Waals surface area contributed by atoms with Gasteiger partial charge in [0.05, 0.1) is 7.11 Å². The van der Waals surface area contributed by atoms with Crippen molar-refractivity contribution < 1.29 is 9.47 Å². The quantitative estimate of drug-likeness (QED) is 0.754. The molecular formula is C18H23NO2. The normalized spacial score (nSPS) is 10.4. The minimum absolute atomic E-state index is 0.583. The Hall–Kier alpha value is -2.00. The first kappa shape index (κ1) is 15.4. The number of likely N-dealkylation sites (N-methyl/N-ethyl adjacent to an activating group) is 1. The van der Waals surface area contributed by atoms with Crippen molar-refractivity contribution in [3.8, 4) is 11.5 Å². The fraction of sp³-hybridized carbons (Fsp3) is 0.333. The van der Waals surface area contributed by atoms with Gasteiger partial charge in [0.25, 0.3) is 0 Å². The Morgan fingerprint density at radius 1 is 0.857 bits per heavy atom. The molecule has 0 atom stereocenters. The van der Waals surface area contributed by atoms with Crippen LogP contribution < -0.4 is 14.8 Å². The number of methoxy groups -OCH3 is 1. The predicted octanol–water partition coefficient (Wildman–Crippen LogP) is 3.43. The van der Waals surface area contributed by atoms with Gasteiger partial charge in [-0.3, -0.25) is 0 Å². The van der Waals surface area contributed by atoms with Crippen molar-refractivity contribution in [3.05, 3.63) is 59.7 Å². The molecule has 0 amide bonds. The second-order valence-electron chi connectivity index (χ2n) is 4.88. The topological polar surface area (TPSA) is 30.5 Å². The molecule has 2 aromatic carbocycles. The van der Waals surface area contributed by atoms with Crippen molar-refractivity contribution >= 4 is 0 Å². The van der Waals surface area contributed by atoms with Crippen LogP contribution in [-0.2, 0) is 13.0 Å². The molecule has 2 aromatic rings. The standard InChI is InChI=1S/C18H23NO2/c1-3-19-13-12-15-4-6-16(7-5-15)14-21-18-10-8-17(20-2)9-11-18/h4-11,19H,3,12-14H2,1-2H3. The van der Waals surface area contributed by atoms with E-state index in [9.17, 15) is 0 Å². The van der Waals surface area contributed by atoms with Crippen LogP contribution in [0, 0.1) is 0 Å². The van der Waals surface area contributed by atoms with E-state index < -0.39 is 0 Å². The van der Waals surface area contributed by atoms with Gasteiger partial charge in [-0.2, -0.15) is 0 Å². The minimum atomic E-state index is 0.583. The van der Waals surface area contributed by atoms with Crippen molar-refractivity contribution in [2.45, 2.75) is 20.0 Å². The zero-order chi connectivity index (χ0) is 14.9. The Kier molecular flexibility index (Phi) is 6.10. The molecule has 2 rings (SSSR count). The van der Waals surface area contributed by atoms with Crippen LogP contribution in [0.4, 0.5) is 0 Å². The van der Waals surface area contributed by atoms with E-state index in [1.807, 2.05) is 24.3 Å². The van der Waals surface area contributed by atoms with Gasteiger partial charge in [-0.15, -0.1) is 0 Å². The molecule has 0 bridgehead atoms. The van der Waals surface area contributed by atoms with Crippen LogP contribution in [0.5, 0.6) is 11.5 Å². The fourth-order valence-electron chi connectivity index (χ4n) is 2.05. The number of hydrogen-bond donors (Lipinski definition) is 1. The maximum atomic E-state index is 5.76. The van der Waals surface area contributed by atoms with Gasteiger partial charge in [-0.25, -0.2) is 0 Å². The summed E-state index contributed by atoms with van der Waals surface area (Å²) in [4.78, 5) is 0. The van der Waals surface area contributed by atoms with Crippen molar-refractivity contribution in [2.24, 2.45) is 0 Å². The highest BCUT2D eigenvalue weighted by atomic mass is 16.5. The van der Waals surface area contributed by atoms with Gasteiger partial charge in [0, 0.05) is 0 Å². The van der Waals surface area contributed by atoms with Crippen LogP contribution in [0.15, 0.2) is 48.5 Å². The maximum absolute atomic E-state index is 5.76. The first-order valence-electron chi connectivity index (χ1n) is 7.37. The molecule has 3 heteroatoms. The molecule has 21 heavy (non-hydrogen) atoms. The number of rotatable bonds is 8. The van der Waals surface area contributed by atoms with Crippen LogP contribution in [0.25, 0.3) is 0 Å². The van der Waals surface area contributed by atoms with E-state index in [1.165, 1.54) is 11.1 Å². The molecule has 0 saturated carbocycles. The third-order valence-electron chi connectivity index (χ3n) is 3.33. The van der Waals surface area contributed by atoms with Gasteiger partial charge in [0.1, 0.15) is 18.1 Å². The number of nitrogens with one attached hydrogen (secondary N) is 1. The third kappa shape index (κ3) is 5.12. The summed E-state index contributed by atoms with van der Waals surface area (Å²) in [7, 11) is 1.66.